The van der Waals surface area contributed by atoms with Crippen LogP contribution >= 0.6 is 0 Å². The van der Waals surface area contributed by atoms with Crippen LogP contribution in [-0.4, -0.2) is 51.5 Å². The molecule has 3 aliphatic rings. The number of carbonyl (C=O) groups is 1. The van der Waals surface area contributed by atoms with Crippen molar-refractivity contribution in [1.82, 2.24) is 9.80 Å². The molecule has 2 heterocycles. The van der Waals surface area contributed by atoms with Crippen LogP contribution < -0.4 is 5.73 Å². The molecule has 1 fully saturated rings. The normalized spacial score (nSPS) is 26.3. The van der Waals surface area contributed by atoms with E-state index < -0.39 is 17.4 Å². The van der Waals surface area contributed by atoms with Gasteiger partial charge >= 0.3 is 5.97 Å². The maximum atomic E-state index is 14.2. The number of carboxylic acid groups (broad SMARTS) is 1. The summed E-state index contributed by atoms with van der Waals surface area (Å²) in [7, 11) is 0. The van der Waals surface area contributed by atoms with Crippen molar-refractivity contribution in [2.45, 2.75) is 50.7 Å². The quantitative estimate of drug-likeness (QED) is 0.788. The van der Waals surface area contributed by atoms with Crippen molar-refractivity contribution in [3.63, 3.8) is 0 Å². The number of guanidine groups is 1. The number of halogens is 2. The number of alkyl halides is 2. The number of nitrogens with zero attached hydrogens (tertiary/aromatic N) is 3. The second-order valence-electron chi connectivity index (χ2n) is 8.51. The van der Waals surface area contributed by atoms with Gasteiger partial charge < -0.3 is 20.6 Å². The van der Waals surface area contributed by atoms with Crippen molar-refractivity contribution in [3.8, 4) is 0 Å². The fourth-order valence-corrected chi connectivity index (χ4v) is 4.43. The predicted molar refractivity (Wildman–Crippen MR) is 110 cm³/mol. The Balaban J connectivity index is 1.75. The standard InChI is InChI=1S/C22H26F2N4O2/c1-21-9-7-14(19(29)30)11-18(21)26-20(27-10-8-16(25)13-27)28(21)12-15-5-3-4-6-17(15)22(2,23)24/h3-7,11,16H,8-10,12-13,25H2,1-2H3,(H,29,30). The average molecular weight is 416 g/mol. The highest BCUT2D eigenvalue weighted by Crippen LogP contribution is 2.42. The van der Waals surface area contributed by atoms with E-state index in [2.05, 4.69) is 4.90 Å². The van der Waals surface area contributed by atoms with Crippen LogP contribution in [0.4, 0.5) is 8.78 Å². The first-order valence-electron chi connectivity index (χ1n) is 10.1. The molecular weight excluding hydrogens is 390 g/mol. The third-order valence-electron chi connectivity index (χ3n) is 6.19. The minimum absolute atomic E-state index is 0.0129. The monoisotopic (exact) mass is 416 g/mol. The van der Waals surface area contributed by atoms with Gasteiger partial charge in [0.2, 0.25) is 5.96 Å². The fourth-order valence-electron chi connectivity index (χ4n) is 4.43. The van der Waals surface area contributed by atoms with Crippen molar-refractivity contribution < 1.29 is 18.7 Å². The molecular formula is C22H26F2N4O2. The maximum absolute atomic E-state index is 14.2. The van der Waals surface area contributed by atoms with Crippen molar-refractivity contribution in [1.29, 1.82) is 0 Å². The van der Waals surface area contributed by atoms with E-state index in [0.717, 1.165) is 19.9 Å². The van der Waals surface area contributed by atoms with E-state index in [1.54, 1.807) is 30.4 Å². The van der Waals surface area contributed by atoms with Gasteiger partial charge in [0, 0.05) is 38.2 Å². The van der Waals surface area contributed by atoms with Gasteiger partial charge in [0.15, 0.2) is 0 Å². The lowest BCUT2D eigenvalue weighted by Gasteiger charge is -2.41. The van der Waals surface area contributed by atoms with Crippen LogP contribution in [0.25, 0.3) is 0 Å². The molecule has 8 heteroatoms. The first kappa shape index (κ1) is 20.5. The van der Waals surface area contributed by atoms with E-state index in [4.69, 9.17) is 10.7 Å². The van der Waals surface area contributed by atoms with Crippen molar-refractivity contribution in [2.75, 3.05) is 13.1 Å². The summed E-state index contributed by atoms with van der Waals surface area (Å²) in [6, 6.07) is 6.57. The number of benzene rings is 1. The Morgan fingerprint density at radius 2 is 2.13 bits per heavy atom. The topological polar surface area (TPSA) is 82.2 Å². The van der Waals surface area contributed by atoms with Gasteiger partial charge in [-0.15, -0.1) is 0 Å². The SMILES string of the molecule is CC(F)(F)c1ccccc1CN1C(N2CCC(N)C2)=NC2=CC(C(=O)O)=CCC21C. The van der Waals surface area contributed by atoms with E-state index in [1.807, 2.05) is 11.8 Å². The van der Waals surface area contributed by atoms with Gasteiger partial charge in [0.1, 0.15) is 0 Å². The predicted octanol–water partition coefficient (Wildman–Crippen LogP) is 3.06. The molecule has 1 aromatic rings. The Labute approximate surface area is 174 Å². The third-order valence-corrected chi connectivity index (χ3v) is 6.19. The molecule has 1 saturated heterocycles. The molecule has 0 saturated carbocycles. The number of fused-ring (bicyclic) bond motifs is 1. The average Bonchev–Trinajstić information content (AvgIpc) is 3.22. The number of hydrogen-bond acceptors (Lipinski definition) is 5. The van der Waals surface area contributed by atoms with Crippen LogP contribution in [-0.2, 0) is 17.3 Å². The van der Waals surface area contributed by atoms with E-state index in [1.165, 1.54) is 6.07 Å². The van der Waals surface area contributed by atoms with Crippen LogP contribution in [0.3, 0.4) is 0 Å². The Hall–Kier alpha value is -2.74. The number of aliphatic carboxylic acids is 1. The largest absolute Gasteiger partial charge is 0.478 e. The van der Waals surface area contributed by atoms with Gasteiger partial charge in [-0.05, 0) is 31.4 Å². The third kappa shape index (κ3) is 3.49. The smallest absolute Gasteiger partial charge is 0.335 e. The highest BCUT2D eigenvalue weighted by atomic mass is 19.3. The summed E-state index contributed by atoms with van der Waals surface area (Å²) in [5.74, 6) is -3.29. The molecule has 160 valence electrons. The number of carboxylic acids is 1. The number of nitrogens with two attached hydrogens (primary N) is 1. The van der Waals surface area contributed by atoms with Crippen LogP contribution in [0, 0.1) is 0 Å². The Bertz CT molecular complexity index is 966. The lowest BCUT2D eigenvalue weighted by Crippen LogP contribution is -2.51. The van der Waals surface area contributed by atoms with Gasteiger partial charge in [-0.3, -0.25) is 0 Å². The van der Waals surface area contributed by atoms with Gasteiger partial charge in [0.05, 0.1) is 16.8 Å². The lowest BCUT2D eigenvalue weighted by molar-refractivity contribution is -0.132. The van der Waals surface area contributed by atoms with E-state index in [0.29, 0.717) is 30.2 Å². The van der Waals surface area contributed by atoms with Crippen LogP contribution in [0.15, 0.2) is 52.7 Å². The maximum Gasteiger partial charge on any atom is 0.335 e. The summed E-state index contributed by atoms with van der Waals surface area (Å²) in [4.78, 5) is 20.3. The molecule has 0 bridgehead atoms. The van der Waals surface area contributed by atoms with Crippen molar-refractivity contribution in [3.05, 3.63) is 58.8 Å². The molecule has 0 amide bonds. The molecule has 6 nitrogen and oxygen atoms in total. The molecule has 0 spiro atoms. The zero-order valence-corrected chi connectivity index (χ0v) is 17.1. The second-order valence-corrected chi connectivity index (χ2v) is 8.51. The molecule has 30 heavy (non-hydrogen) atoms. The van der Waals surface area contributed by atoms with E-state index in [9.17, 15) is 18.7 Å². The summed E-state index contributed by atoms with van der Waals surface area (Å²) < 4.78 is 28.5. The summed E-state index contributed by atoms with van der Waals surface area (Å²) in [6.45, 7) is 4.48. The molecule has 2 atom stereocenters. The highest BCUT2D eigenvalue weighted by Gasteiger charge is 2.47. The number of hydrogen-bond donors (Lipinski definition) is 2. The summed E-state index contributed by atoms with van der Waals surface area (Å²) in [5.41, 5.74) is 6.83. The minimum atomic E-state index is -2.97. The molecule has 4 rings (SSSR count). The number of aliphatic imine (C=N–C) groups is 1. The summed E-state index contributed by atoms with van der Waals surface area (Å²) in [6.07, 6.45) is 4.51. The van der Waals surface area contributed by atoms with Gasteiger partial charge in [-0.1, -0.05) is 30.3 Å². The number of rotatable bonds is 4. The van der Waals surface area contributed by atoms with Crippen molar-refractivity contribution >= 4 is 11.9 Å². The Morgan fingerprint density at radius 1 is 1.40 bits per heavy atom. The van der Waals surface area contributed by atoms with Gasteiger partial charge in [0.25, 0.3) is 5.92 Å². The zero-order chi connectivity index (χ0) is 21.7. The second kappa shape index (κ2) is 7.19. The van der Waals surface area contributed by atoms with E-state index in [-0.39, 0.29) is 23.7 Å². The molecule has 2 unspecified atom stereocenters. The highest BCUT2D eigenvalue weighted by molar-refractivity contribution is 5.92. The van der Waals surface area contributed by atoms with Gasteiger partial charge in [-0.2, -0.15) is 0 Å². The number of likely N-dealkylation sites (tertiary alicyclic amines) is 1. The van der Waals surface area contributed by atoms with Gasteiger partial charge in [-0.25, -0.2) is 18.6 Å². The molecule has 3 N–H and O–H groups in total. The summed E-state index contributed by atoms with van der Waals surface area (Å²) >= 11 is 0. The van der Waals surface area contributed by atoms with Crippen LogP contribution in [0.5, 0.6) is 0 Å². The molecule has 0 radical (unpaired) electrons. The Morgan fingerprint density at radius 3 is 2.77 bits per heavy atom. The molecule has 1 aliphatic carbocycles. The molecule has 2 aliphatic heterocycles. The van der Waals surface area contributed by atoms with Crippen LogP contribution in [0.1, 0.15) is 37.8 Å². The van der Waals surface area contributed by atoms with Crippen molar-refractivity contribution in [2.24, 2.45) is 10.7 Å². The molecule has 0 aromatic heterocycles. The lowest BCUT2D eigenvalue weighted by atomic mass is 9.86. The summed E-state index contributed by atoms with van der Waals surface area (Å²) in [5, 5.41) is 9.40. The Kier molecular flexibility index (Phi) is 4.92. The molecule has 1 aromatic carbocycles. The van der Waals surface area contributed by atoms with Crippen LogP contribution in [0.2, 0.25) is 0 Å². The first-order chi connectivity index (χ1) is 14.1. The fraction of sp³-hybridized carbons (Fsp3) is 0.455. The first-order valence-corrected chi connectivity index (χ1v) is 10.1. The van der Waals surface area contributed by atoms with E-state index >= 15 is 0 Å². The zero-order valence-electron chi connectivity index (χ0n) is 17.1. The minimum Gasteiger partial charge on any atom is -0.478 e.